The molecule has 1 aliphatic rings. The Morgan fingerprint density at radius 1 is 1.00 bits per heavy atom. The fraction of sp³-hybridized carbons (Fsp3) is 0.238. The molecule has 0 unspecified atom stereocenters. The molecule has 9 nitrogen and oxygen atoms in total. The van der Waals surface area contributed by atoms with Gasteiger partial charge in [0.1, 0.15) is 5.82 Å². The third-order valence-electron chi connectivity index (χ3n) is 5.46. The van der Waals surface area contributed by atoms with Gasteiger partial charge in [-0.2, -0.15) is 23.7 Å². The number of nitrogens with zero attached hydrogens (tertiary/aromatic N) is 5. The van der Waals surface area contributed by atoms with Crippen molar-refractivity contribution in [1.29, 1.82) is 5.26 Å². The van der Waals surface area contributed by atoms with Crippen molar-refractivity contribution in [2.75, 3.05) is 36.4 Å². The highest BCUT2D eigenvalue weighted by Gasteiger charge is 2.33. The molecule has 2 amide bonds. The van der Waals surface area contributed by atoms with E-state index in [1.54, 1.807) is 11.0 Å². The van der Waals surface area contributed by atoms with E-state index in [9.17, 15) is 38.0 Å². The molecular formula is C21H16F4N6O3. The van der Waals surface area contributed by atoms with Gasteiger partial charge >= 0.3 is 23.7 Å². The third kappa shape index (κ3) is 4.17. The highest BCUT2D eigenvalue weighted by molar-refractivity contribution is 5.89. The van der Waals surface area contributed by atoms with Crippen LogP contribution in [0.5, 0.6) is 0 Å². The number of piperazine rings is 1. The molecule has 1 aromatic heterocycles. The highest BCUT2D eigenvalue weighted by Crippen LogP contribution is 2.30. The smallest absolute Gasteiger partial charge is 0.416 e. The molecule has 0 spiro atoms. The number of fused-ring (bicyclic) bond motifs is 1. The van der Waals surface area contributed by atoms with Gasteiger partial charge in [-0.15, -0.1) is 4.73 Å². The monoisotopic (exact) mass is 476 g/mol. The van der Waals surface area contributed by atoms with E-state index in [4.69, 9.17) is 0 Å². The van der Waals surface area contributed by atoms with Crippen LogP contribution in [0, 0.1) is 27.6 Å². The molecule has 2 aromatic carbocycles. The van der Waals surface area contributed by atoms with Crippen molar-refractivity contribution in [2.45, 2.75) is 6.18 Å². The van der Waals surface area contributed by atoms with E-state index in [1.165, 1.54) is 17.0 Å². The second-order valence-corrected chi connectivity index (χ2v) is 7.48. The number of nitrogens with one attached hydrogen (secondary N) is 1. The zero-order valence-electron chi connectivity index (χ0n) is 17.3. The first-order valence-electron chi connectivity index (χ1n) is 9.96. The highest BCUT2D eigenvalue weighted by atomic mass is 19.4. The minimum atomic E-state index is -4.44. The number of amides is 2. The van der Waals surface area contributed by atoms with Gasteiger partial charge in [-0.05, 0) is 36.4 Å². The molecule has 0 saturated carbocycles. The minimum Gasteiger partial charge on any atom is -0.710 e. The molecule has 0 radical (unpaired) electrons. The number of carbonyl (C=O) groups excluding carboxylic acids is 1. The first kappa shape index (κ1) is 22.8. The SMILES string of the molecule is N#Cc1c(NC(=O)N2CCN(c3ccc(C(F)(F)F)cc3)CC2)[n+]([O-])c2ccc(F)cc2[n+]1[O-]. The van der Waals surface area contributed by atoms with Crippen molar-refractivity contribution in [3.63, 3.8) is 0 Å². The Hall–Kier alpha value is -4.34. The van der Waals surface area contributed by atoms with Crippen LogP contribution in [0.1, 0.15) is 11.3 Å². The molecule has 13 heteroatoms. The van der Waals surface area contributed by atoms with Crippen LogP contribution in [-0.4, -0.2) is 37.1 Å². The first-order valence-corrected chi connectivity index (χ1v) is 9.96. The third-order valence-corrected chi connectivity index (χ3v) is 5.46. The fourth-order valence-corrected chi connectivity index (χ4v) is 3.68. The Bertz CT molecular complexity index is 1300. The van der Waals surface area contributed by atoms with Crippen LogP contribution in [0.3, 0.4) is 0 Å². The van der Waals surface area contributed by atoms with E-state index in [0.29, 0.717) is 18.8 Å². The maximum atomic E-state index is 13.5. The lowest BCUT2D eigenvalue weighted by molar-refractivity contribution is -0.620. The number of anilines is 2. The predicted octanol–water partition coefficient (Wildman–Crippen LogP) is 2.49. The van der Waals surface area contributed by atoms with Gasteiger partial charge in [-0.1, -0.05) is 0 Å². The van der Waals surface area contributed by atoms with Crippen molar-refractivity contribution in [3.05, 3.63) is 70.0 Å². The molecule has 0 bridgehead atoms. The Labute approximate surface area is 189 Å². The van der Waals surface area contributed by atoms with E-state index < -0.39 is 35.1 Å². The van der Waals surface area contributed by atoms with Gasteiger partial charge in [0.2, 0.25) is 5.52 Å². The number of carbonyl (C=O) groups is 1. The molecule has 1 saturated heterocycles. The summed E-state index contributed by atoms with van der Waals surface area (Å²) in [4.78, 5) is 15.9. The lowest BCUT2D eigenvalue weighted by atomic mass is 10.1. The van der Waals surface area contributed by atoms with Gasteiger partial charge in [0.05, 0.1) is 11.6 Å². The van der Waals surface area contributed by atoms with Crippen LogP contribution in [-0.2, 0) is 6.18 Å². The largest absolute Gasteiger partial charge is 0.710 e. The standard InChI is InChI=1S/C21H16F4N6O3/c22-14-3-6-16-17(11-14)30(33)18(12-26)19(31(16)34)27-20(32)29-9-7-28(8-10-29)15-4-1-13(2-5-15)21(23,24)25/h1-6,11H,7-10H2,(H,27,32). The maximum Gasteiger partial charge on any atom is 0.416 e. The minimum absolute atomic E-state index is 0.0744. The summed E-state index contributed by atoms with van der Waals surface area (Å²) in [5.74, 6) is -1.37. The molecule has 0 aliphatic carbocycles. The lowest BCUT2D eigenvalue weighted by Gasteiger charge is -2.35. The van der Waals surface area contributed by atoms with Crippen molar-refractivity contribution >= 4 is 28.6 Å². The van der Waals surface area contributed by atoms with Crippen molar-refractivity contribution in [2.24, 2.45) is 0 Å². The predicted molar refractivity (Wildman–Crippen MR) is 111 cm³/mol. The van der Waals surface area contributed by atoms with Crippen LogP contribution in [0.4, 0.5) is 33.9 Å². The van der Waals surface area contributed by atoms with Gasteiger partial charge < -0.3 is 20.2 Å². The fourth-order valence-electron chi connectivity index (χ4n) is 3.68. The van der Waals surface area contributed by atoms with Gasteiger partial charge in [0, 0.05) is 31.9 Å². The average Bonchev–Trinajstić information content (AvgIpc) is 2.82. The second kappa shape index (κ2) is 8.54. The molecule has 34 heavy (non-hydrogen) atoms. The van der Waals surface area contributed by atoms with E-state index in [2.05, 4.69) is 5.32 Å². The summed E-state index contributed by atoms with van der Waals surface area (Å²) >= 11 is 0. The molecule has 4 rings (SSSR count). The van der Waals surface area contributed by atoms with Crippen molar-refractivity contribution < 1.29 is 31.8 Å². The Morgan fingerprint density at radius 2 is 1.65 bits per heavy atom. The summed E-state index contributed by atoms with van der Waals surface area (Å²) < 4.78 is 52.0. The summed E-state index contributed by atoms with van der Waals surface area (Å²) in [5, 5.41) is 36.8. The van der Waals surface area contributed by atoms with Crippen LogP contribution >= 0.6 is 0 Å². The zero-order valence-corrected chi connectivity index (χ0v) is 17.3. The number of aromatic nitrogens is 2. The number of rotatable bonds is 2. The molecule has 176 valence electrons. The Balaban J connectivity index is 1.49. The van der Waals surface area contributed by atoms with E-state index >= 15 is 0 Å². The summed E-state index contributed by atoms with van der Waals surface area (Å²) in [6.45, 7) is 0.952. The molecule has 3 aromatic rings. The summed E-state index contributed by atoms with van der Waals surface area (Å²) in [7, 11) is 0. The Morgan fingerprint density at radius 3 is 2.24 bits per heavy atom. The Kier molecular flexibility index (Phi) is 5.74. The molecule has 1 aliphatic heterocycles. The van der Waals surface area contributed by atoms with Gasteiger partial charge in [-0.25, -0.2) is 13.9 Å². The van der Waals surface area contributed by atoms with Crippen molar-refractivity contribution in [1.82, 2.24) is 4.90 Å². The van der Waals surface area contributed by atoms with Crippen LogP contribution in [0.25, 0.3) is 11.0 Å². The van der Waals surface area contributed by atoms with E-state index in [-0.39, 0.29) is 33.6 Å². The van der Waals surface area contributed by atoms with Crippen LogP contribution < -0.4 is 19.7 Å². The average molecular weight is 476 g/mol. The quantitative estimate of drug-likeness (QED) is 0.347. The summed E-state index contributed by atoms with van der Waals surface area (Å²) in [5.41, 5.74) is -1.51. The van der Waals surface area contributed by atoms with Gasteiger partial charge in [-0.3, -0.25) is 0 Å². The van der Waals surface area contributed by atoms with Crippen molar-refractivity contribution in [3.8, 4) is 6.07 Å². The number of halogens is 4. The maximum absolute atomic E-state index is 13.5. The molecular weight excluding hydrogens is 460 g/mol. The summed E-state index contributed by atoms with van der Waals surface area (Å²) in [6.07, 6.45) is -4.44. The van der Waals surface area contributed by atoms with E-state index in [0.717, 1.165) is 30.3 Å². The van der Waals surface area contributed by atoms with E-state index in [1.807, 2.05) is 0 Å². The van der Waals surface area contributed by atoms with Gasteiger partial charge in [0.15, 0.2) is 6.07 Å². The number of hydrogen-bond donors (Lipinski definition) is 1. The number of hydrogen-bond acceptors (Lipinski definition) is 5. The number of alkyl halides is 3. The number of benzene rings is 2. The van der Waals surface area contributed by atoms with Crippen LogP contribution in [0.15, 0.2) is 42.5 Å². The number of urea groups is 1. The van der Waals surface area contributed by atoms with Crippen LogP contribution in [0.2, 0.25) is 0 Å². The second-order valence-electron chi connectivity index (χ2n) is 7.48. The molecule has 1 N–H and O–H groups in total. The van der Waals surface area contributed by atoms with Gasteiger partial charge in [0.25, 0.3) is 5.52 Å². The molecule has 0 atom stereocenters. The molecule has 1 fully saturated rings. The normalized spacial score (nSPS) is 14.2. The zero-order chi connectivity index (χ0) is 24.6. The first-order chi connectivity index (χ1) is 16.1. The summed E-state index contributed by atoms with van der Waals surface area (Å²) in [6, 6.07) is 8.31. The molecule has 2 heterocycles. The lowest BCUT2D eigenvalue weighted by Crippen LogP contribution is -2.52. The topological polar surface area (TPSA) is 113 Å². The number of nitriles is 1.